The summed E-state index contributed by atoms with van der Waals surface area (Å²) in [5, 5.41) is 0.738. The number of carbonyl (C=O) groups is 2. The van der Waals surface area contributed by atoms with Gasteiger partial charge >= 0.3 is 0 Å². The van der Waals surface area contributed by atoms with Crippen LogP contribution in [0.1, 0.15) is 12.5 Å². The highest BCUT2D eigenvalue weighted by atomic mass is 35.5. The summed E-state index contributed by atoms with van der Waals surface area (Å²) in [7, 11) is 1.70. The predicted molar refractivity (Wildman–Crippen MR) is 84.5 cm³/mol. The maximum Gasteiger partial charge on any atom is 0.247 e. The molecule has 3 rings (SSSR count). The van der Waals surface area contributed by atoms with Gasteiger partial charge in [0.05, 0.1) is 0 Å². The van der Waals surface area contributed by atoms with Crippen LogP contribution in [0.2, 0.25) is 5.02 Å². The van der Waals surface area contributed by atoms with Crippen LogP contribution >= 0.6 is 11.6 Å². The second kappa shape index (κ2) is 5.89. The van der Waals surface area contributed by atoms with Gasteiger partial charge in [0.25, 0.3) is 0 Å². The summed E-state index contributed by atoms with van der Waals surface area (Å²) in [6.45, 7) is 4.40. The molecule has 2 fully saturated rings. The number of likely N-dealkylation sites (N-methyl/N-ethyl adjacent to an activating group) is 1. The molecule has 118 valence electrons. The quantitative estimate of drug-likeness (QED) is 0.822. The van der Waals surface area contributed by atoms with E-state index in [1.807, 2.05) is 24.3 Å². The van der Waals surface area contributed by atoms with Gasteiger partial charge < -0.3 is 9.80 Å². The molecule has 2 amide bonds. The molecule has 0 aromatic heterocycles. The first-order chi connectivity index (χ1) is 10.5. The van der Waals surface area contributed by atoms with E-state index < -0.39 is 0 Å². The van der Waals surface area contributed by atoms with Crippen LogP contribution in [0.25, 0.3) is 0 Å². The SMILES string of the molecule is C[C@H]1C(=O)N2CCN(Cc3ccccc3Cl)C[C@@H]2C(=O)N1C. The van der Waals surface area contributed by atoms with Crippen molar-refractivity contribution in [2.75, 3.05) is 26.7 Å². The Morgan fingerprint density at radius 3 is 2.64 bits per heavy atom. The highest BCUT2D eigenvalue weighted by molar-refractivity contribution is 6.31. The van der Waals surface area contributed by atoms with Crippen LogP contribution in [0, 0.1) is 0 Å². The van der Waals surface area contributed by atoms with Crippen molar-refractivity contribution >= 4 is 23.4 Å². The maximum absolute atomic E-state index is 12.5. The first-order valence-electron chi connectivity index (χ1n) is 7.52. The Bertz CT molecular complexity index is 607. The zero-order valence-electron chi connectivity index (χ0n) is 12.8. The number of piperazine rings is 2. The van der Waals surface area contributed by atoms with Crippen LogP contribution in [0.15, 0.2) is 24.3 Å². The Morgan fingerprint density at radius 1 is 1.18 bits per heavy atom. The Morgan fingerprint density at radius 2 is 1.91 bits per heavy atom. The van der Waals surface area contributed by atoms with Crippen LogP contribution in [0.5, 0.6) is 0 Å². The number of benzene rings is 1. The molecule has 6 heteroatoms. The van der Waals surface area contributed by atoms with Gasteiger partial charge in [0, 0.05) is 38.2 Å². The zero-order chi connectivity index (χ0) is 15.9. The Balaban J connectivity index is 1.74. The van der Waals surface area contributed by atoms with Crippen molar-refractivity contribution in [1.82, 2.24) is 14.7 Å². The number of hydrogen-bond donors (Lipinski definition) is 0. The first-order valence-corrected chi connectivity index (χ1v) is 7.89. The van der Waals surface area contributed by atoms with Crippen LogP contribution in [0.3, 0.4) is 0 Å². The molecule has 1 aromatic carbocycles. The Labute approximate surface area is 135 Å². The minimum absolute atomic E-state index is 0.0240. The fourth-order valence-corrected chi connectivity index (χ4v) is 3.35. The molecule has 0 spiro atoms. The van der Waals surface area contributed by atoms with Crippen molar-refractivity contribution in [3.8, 4) is 0 Å². The summed E-state index contributed by atoms with van der Waals surface area (Å²) >= 11 is 6.21. The lowest BCUT2D eigenvalue weighted by atomic mass is 10.0. The molecule has 2 aliphatic rings. The number of hydrogen-bond acceptors (Lipinski definition) is 3. The third-order valence-corrected chi connectivity index (χ3v) is 5.04. The molecule has 0 unspecified atom stereocenters. The molecule has 0 saturated carbocycles. The lowest BCUT2D eigenvalue weighted by Crippen LogP contribution is -2.68. The van der Waals surface area contributed by atoms with Gasteiger partial charge in [-0.15, -0.1) is 0 Å². The van der Waals surface area contributed by atoms with E-state index in [-0.39, 0.29) is 23.9 Å². The van der Waals surface area contributed by atoms with E-state index in [9.17, 15) is 9.59 Å². The minimum Gasteiger partial charge on any atom is -0.332 e. The van der Waals surface area contributed by atoms with Crippen LogP contribution < -0.4 is 0 Å². The summed E-state index contributed by atoms with van der Waals surface area (Å²) in [6, 6.07) is 7.00. The second-order valence-corrected chi connectivity index (χ2v) is 6.41. The Kier molecular flexibility index (Phi) is 4.10. The summed E-state index contributed by atoms with van der Waals surface area (Å²) in [5.41, 5.74) is 1.05. The molecular formula is C16H20ClN3O2. The van der Waals surface area contributed by atoms with Gasteiger partial charge in [-0.25, -0.2) is 0 Å². The predicted octanol–water partition coefficient (Wildman–Crippen LogP) is 1.21. The largest absolute Gasteiger partial charge is 0.332 e. The van der Waals surface area contributed by atoms with E-state index in [1.54, 1.807) is 23.8 Å². The molecule has 2 saturated heterocycles. The van der Waals surface area contributed by atoms with Gasteiger partial charge in [-0.2, -0.15) is 0 Å². The number of fused-ring (bicyclic) bond motifs is 1. The zero-order valence-corrected chi connectivity index (χ0v) is 13.6. The molecule has 22 heavy (non-hydrogen) atoms. The van der Waals surface area contributed by atoms with Gasteiger partial charge in [-0.1, -0.05) is 29.8 Å². The highest BCUT2D eigenvalue weighted by Gasteiger charge is 2.44. The molecule has 2 aliphatic heterocycles. The van der Waals surface area contributed by atoms with Gasteiger partial charge in [-0.3, -0.25) is 14.5 Å². The van der Waals surface area contributed by atoms with Gasteiger partial charge in [0.1, 0.15) is 12.1 Å². The summed E-state index contributed by atoms with van der Waals surface area (Å²) in [5.74, 6) is 0.0699. The van der Waals surface area contributed by atoms with Crippen molar-refractivity contribution in [2.45, 2.75) is 25.6 Å². The fourth-order valence-electron chi connectivity index (χ4n) is 3.16. The average Bonchev–Trinajstić information content (AvgIpc) is 2.53. The maximum atomic E-state index is 12.5. The minimum atomic E-state index is -0.370. The van der Waals surface area contributed by atoms with Crippen LogP contribution in [-0.4, -0.2) is 65.3 Å². The van der Waals surface area contributed by atoms with E-state index >= 15 is 0 Å². The van der Waals surface area contributed by atoms with E-state index in [2.05, 4.69) is 4.90 Å². The molecule has 0 aliphatic carbocycles. The van der Waals surface area contributed by atoms with E-state index in [0.29, 0.717) is 19.6 Å². The van der Waals surface area contributed by atoms with Crippen molar-refractivity contribution in [3.05, 3.63) is 34.9 Å². The Hall–Kier alpha value is -1.59. The average molecular weight is 322 g/mol. The monoisotopic (exact) mass is 321 g/mol. The molecule has 0 N–H and O–H groups in total. The molecule has 1 aromatic rings. The van der Waals surface area contributed by atoms with E-state index in [4.69, 9.17) is 11.6 Å². The molecular weight excluding hydrogens is 302 g/mol. The van der Waals surface area contributed by atoms with E-state index in [1.165, 1.54) is 0 Å². The fraction of sp³-hybridized carbons (Fsp3) is 0.500. The van der Waals surface area contributed by atoms with Crippen molar-refractivity contribution in [3.63, 3.8) is 0 Å². The standard InChI is InChI=1S/C16H20ClN3O2/c1-11-15(21)20-8-7-19(10-14(20)16(22)18(11)2)9-12-5-3-4-6-13(12)17/h3-6,11,14H,7-10H2,1-2H3/t11-,14+/m0/s1. The number of nitrogens with zero attached hydrogens (tertiary/aromatic N) is 3. The molecule has 2 heterocycles. The number of halogens is 1. The van der Waals surface area contributed by atoms with Crippen molar-refractivity contribution in [2.24, 2.45) is 0 Å². The molecule has 2 atom stereocenters. The molecule has 0 bridgehead atoms. The summed E-state index contributed by atoms with van der Waals surface area (Å²) < 4.78 is 0. The van der Waals surface area contributed by atoms with Gasteiger partial charge in [-0.05, 0) is 18.6 Å². The topological polar surface area (TPSA) is 43.9 Å². The van der Waals surface area contributed by atoms with Gasteiger partial charge in [0.2, 0.25) is 11.8 Å². The normalized spacial score (nSPS) is 26.3. The number of carbonyl (C=O) groups excluding carboxylic acids is 2. The smallest absolute Gasteiger partial charge is 0.247 e. The van der Waals surface area contributed by atoms with Crippen LogP contribution in [-0.2, 0) is 16.1 Å². The lowest BCUT2D eigenvalue weighted by molar-refractivity contribution is -0.163. The second-order valence-electron chi connectivity index (χ2n) is 6.00. The highest BCUT2D eigenvalue weighted by Crippen LogP contribution is 2.23. The van der Waals surface area contributed by atoms with Gasteiger partial charge in [0.15, 0.2) is 0 Å². The molecule has 5 nitrogen and oxygen atoms in total. The third-order valence-electron chi connectivity index (χ3n) is 4.67. The van der Waals surface area contributed by atoms with Crippen LogP contribution in [0.4, 0.5) is 0 Å². The third kappa shape index (κ3) is 2.59. The van der Waals surface area contributed by atoms with Crippen molar-refractivity contribution < 1.29 is 9.59 Å². The number of rotatable bonds is 2. The van der Waals surface area contributed by atoms with E-state index in [0.717, 1.165) is 17.1 Å². The lowest BCUT2D eigenvalue weighted by Gasteiger charge is -2.47. The molecule has 0 radical (unpaired) electrons. The first kappa shape index (κ1) is 15.3. The summed E-state index contributed by atoms with van der Waals surface area (Å²) in [4.78, 5) is 30.3. The van der Waals surface area contributed by atoms with Crippen molar-refractivity contribution in [1.29, 1.82) is 0 Å². The number of amides is 2. The summed E-state index contributed by atoms with van der Waals surface area (Å²) in [6.07, 6.45) is 0.